The van der Waals surface area contributed by atoms with Crippen LogP contribution in [0.15, 0.2) is 97.6 Å². The van der Waals surface area contributed by atoms with Crippen molar-refractivity contribution in [2.75, 3.05) is 0 Å². The van der Waals surface area contributed by atoms with E-state index in [1.165, 1.54) is 6.20 Å². The zero-order chi connectivity index (χ0) is 21.3. The van der Waals surface area contributed by atoms with E-state index in [4.69, 9.17) is 9.97 Å². The molecule has 0 atom stereocenters. The number of fused-ring (bicyclic) bond motifs is 3. The smallest absolute Gasteiger partial charge is 0.253 e. The highest BCUT2D eigenvalue weighted by Gasteiger charge is 2.55. The lowest BCUT2D eigenvalue weighted by atomic mass is 9.82. The van der Waals surface area contributed by atoms with E-state index in [1.54, 1.807) is 6.07 Å². The Labute approximate surface area is 182 Å². The van der Waals surface area contributed by atoms with E-state index in [0.29, 0.717) is 0 Å². The van der Waals surface area contributed by atoms with Gasteiger partial charge >= 0.3 is 0 Å². The summed E-state index contributed by atoms with van der Waals surface area (Å²) in [5, 5.41) is 3.85. The summed E-state index contributed by atoms with van der Waals surface area (Å²) < 4.78 is 16.5. The fraction of sp³-hybridized carbons (Fsp3) is 0.0370. The van der Waals surface area contributed by atoms with Crippen LogP contribution in [0, 0.1) is 5.82 Å². The zero-order valence-corrected chi connectivity index (χ0v) is 16.9. The summed E-state index contributed by atoms with van der Waals surface area (Å²) in [4.78, 5) is 14.1. The van der Waals surface area contributed by atoms with Crippen LogP contribution in [-0.2, 0) is 5.54 Å². The molecule has 150 valence electrons. The summed E-state index contributed by atoms with van der Waals surface area (Å²) in [6, 6.07) is 23.8. The highest BCUT2D eigenvalue weighted by Crippen LogP contribution is 2.47. The van der Waals surface area contributed by atoms with Crippen molar-refractivity contribution in [2.24, 2.45) is 0 Å². The molecular weight excluding hydrogens is 399 g/mol. The molecule has 6 aromatic rings. The molecule has 0 saturated carbocycles. The van der Waals surface area contributed by atoms with Gasteiger partial charge in [-0.3, -0.25) is 15.0 Å². The molecule has 5 heterocycles. The van der Waals surface area contributed by atoms with E-state index < -0.39 is 5.54 Å². The second-order valence-corrected chi connectivity index (χ2v) is 8.06. The lowest BCUT2D eigenvalue weighted by Gasteiger charge is -2.25. The molecule has 0 saturated heterocycles. The first-order valence-electron chi connectivity index (χ1n) is 10.5. The molecule has 0 N–H and O–H groups in total. The third-order valence-electron chi connectivity index (χ3n) is 6.52. The number of halogens is 1. The third-order valence-corrected chi connectivity index (χ3v) is 6.52. The second-order valence-electron chi connectivity index (χ2n) is 8.06. The van der Waals surface area contributed by atoms with Crippen molar-refractivity contribution in [1.82, 2.24) is 15.0 Å². The Bertz CT molecular complexity index is 1640. The molecule has 1 aliphatic rings. The maximum atomic E-state index is 14.3. The van der Waals surface area contributed by atoms with Gasteiger partial charge in [0.15, 0.2) is 6.20 Å². The van der Waals surface area contributed by atoms with Gasteiger partial charge in [0, 0.05) is 23.8 Å². The van der Waals surface area contributed by atoms with Gasteiger partial charge in [0.05, 0.1) is 28.0 Å². The molecule has 0 radical (unpaired) electrons. The number of aromatic nitrogens is 4. The van der Waals surface area contributed by atoms with Gasteiger partial charge in [-0.25, -0.2) is 4.39 Å². The quantitative estimate of drug-likeness (QED) is 0.298. The van der Waals surface area contributed by atoms with Crippen LogP contribution in [0.2, 0.25) is 0 Å². The molecule has 32 heavy (non-hydrogen) atoms. The van der Waals surface area contributed by atoms with Gasteiger partial charge in [-0.05, 0) is 41.8 Å². The molecule has 0 spiro atoms. The van der Waals surface area contributed by atoms with Crippen LogP contribution in [0.3, 0.4) is 0 Å². The van der Waals surface area contributed by atoms with E-state index in [2.05, 4.69) is 27.9 Å². The number of hydrogen-bond donors (Lipinski definition) is 0. The minimum Gasteiger partial charge on any atom is -0.253 e. The predicted molar refractivity (Wildman–Crippen MR) is 121 cm³/mol. The van der Waals surface area contributed by atoms with Crippen molar-refractivity contribution in [2.45, 2.75) is 5.54 Å². The molecule has 0 unspecified atom stereocenters. The number of pyridine rings is 4. The van der Waals surface area contributed by atoms with E-state index >= 15 is 0 Å². The van der Waals surface area contributed by atoms with Gasteiger partial charge in [0.25, 0.3) is 5.54 Å². The highest BCUT2D eigenvalue weighted by molar-refractivity contribution is 6.23. The SMILES string of the molecule is Fc1cnc2c(c1)c1cccc3c1c1c2ccc[n+]1C3(c1ccccn1)c1ccccn1. The van der Waals surface area contributed by atoms with Crippen molar-refractivity contribution in [1.29, 1.82) is 0 Å². The van der Waals surface area contributed by atoms with Gasteiger partial charge in [-0.2, -0.15) is 4.57 Å². The van der Waals surface area contributed by atoms with Gasteiger partial charge in [0.2, 0.25) is 5.52 Å². The molecule has 4 nitrogen and oxygen atoms in total. The summed E-state index contributed by atoms with van der Waals surface area (Å²) >= 11 is 0. The monoisotopic (exact) mass is 415 g/mol. The first kappa shape index (κ1) is 17.4. The first-order valence-corrected chi connectivity index (χ1v) is 10.5. The van der Waals surface area contributed by atoms with Crippen LogP contribution in [0.25, 0.3) is 32.6 Å². The van der Waals surface area contributed by atoms with Crippen molar-refractivity contribution < 1.29 is 8.96 Å². The molecule has 0 fully saturated rings. The summed E-state index contributed by atoms with van der Waals surface area (Å²) in [5.74, 6) is -0.340. The normalized spacial score (nSPS) is 14.0. The van der Waals surface area contributed by atoms with Crippen LogP contribution in [0.4, 0.5) is 4.39 Å². The van der Waals surface area contributed by atoms with Crippen molar-refractivity contribution in [3.05, 3.63) is 120 Å². The van der Waals surface area contributed by atoms with Crippen molar-refractivity contribution in [3.8, 4) is 0 Å². The molecule has 0 amide bonds. The Morgan fingerprint density at radius 3 is 2.19 bits per heavy atom. The number of hydrogen-bond acceptors (Lipinski definition) is 3. The highest BCUT2D eigenvalue weighted by atomic mass is 19.1. The van der Waals surface area contributed by atoms with Gasteiger partial charge in [-0.15, -0.1) is 0 Å². The molecule has 0 bridgehead atoms. The lowest BCUT2D eigenvalue weighted by Crippen LogP contribution is -2.57. The van der Waals surface area contributed by atoms with Crippen LogP contribution in [0.5, 0.6) is 0 Å². The minimum absolute atomic E-state index is 0.340. The number of benzene rings is 2. The molecule has 2 aromatic carbocycles. The summed E-state index contributed by atoms with van der Waals surface area (Å²) in [5.41, 5.74) is 3.93. The molecular formula is C27H16FN4+. The third kappa shape index (κ3) is 2.00. The molecule has 1 aliphatic heterocycles. The van der Waals surface area contributed by atoms with Crippen LogP contribution >= 0.6 is 0 Å². The van der Waals surface area contributed by atoms with E-state index in [0.717, 1.165) is 49.5 Å². The Kier molecular flexibility index (Phi) is 3.34. The van der Waals surface area contributed by atoms with Gasteiger partial charge < -0.3 is 0 Å². The topological polar surface area (TPSA) is 42.5 Å². The Morgan fingerprint density at radius 1 is 0.719 bits per heavy atom. The largest absolute Gasteiger partial charge is 0.278 e. The first-order chi connectivity index (χ1) is 15.8. The maximum absolute atomic E-state index is 14.3. The van der Waals surface area contributed by atoms with Crippen LogP contribution in [0.1, 0.15) is 17.0 Å². The lowest BCUT2D eigenvalue weighted by molar-refractivity contribution is -0.706. The van der Waals surface area contributed by atoms with E-state index in [9.17, 15) is 4.39 Å². The van der Waals surface area contributed by atoms with Gasteiger partial charge in [0.1, 0.15) is 17.2 Å². The molecule has 5 heteroatoms. The minimum atomic E-state index is -0.750. The number of nitrogens with zero attached hydrogens (tertiary/aromatic N) is 4. The van der Waals surface area contributed by atoms with Crippen LogP contribution < -0.4 is 4.57 Å². The van der Waals surface area contributed by atoms with Gasteiger partial charge in [-0.1, -0.05) is 30.3 Å². The fourth-order valence-electron chi connectivity index (χ4n) is 5.36. The van der Waals surface area contributed by atoms with Crippen molar-refractivity contribution in [3.63, 3.8) is 0 Å². The van der Waals surface area contributed by atoms with Crippen LogP contribution in [-0.4, -0.2) is 15.0 Å². The van der Waals surface area contributed by atoms with E-state index in [1.807, 2.05) is 67.0 Å². The zero-order valence-electron chi connectivity index (χ0n) is 16.9. The Hall–Kier alpha value is -4.25. The maximum Gasteiger partial charge on any atom is 0.278 e. The predicted octanol–water partition coefficient (Wildman–Crippen LogP) is 4.91. The standard InChI is InChI=1S/C27H16FN4/c28-17-15-20-18-7-5-9-21-24(18)26-19(25(20)31-16-17)8-6-14-32(26)27(21,22-10-1-3-12-29-22)23-11-2-4-13-30-23/h1-16H/q+1. The average Bonchev–Trinajstić information content (AvgIpc) is 3.16. The Balaban J connectivity index is 1.79. The van der Waals surface area contributed by atoms with E-state index in [-0.39, 0.29) is 5.82 Å². The fourth-order valence-corrected chi connectivity index (χ4v) is 5.36. The second kappa shape index (κ2) is 6.14. The summed E-state index contributed by atoms with van der Waals surface area (Å²) in [6.45, 7) is 0. The molecule has 0 aliphatic carbocycles. The summed E-state index contributed by atoms with van der Waals surface area (Å²) in [7, 11) is 0. The molecule has 7 rings (SSSR count). The average molecular weight is 415 g/mol. The van der Waals surface area contributed by atoms with Crippen molar-refractivity contribution >= 4 is 32.6 Å². The molecule has 4 aromatic heterocycles. The Morgan fingerprint density at radius 2 is 1.47 bits per heavy atom. The number of rotatable bonds is 2. The summed E-state index contributed by atoms with van der Waals surface area (Å²) in [6.07, 6.45) is 7.01.